The van der Waals surface area contributed by atoms with Gasteiger partial charge in [-0.25, -0.2) is 4.68 Å². The number of aryl methyl sites for hydroxylation is 1. The number of carbonyl (C=O) groups excluding carboxylic acids is 1. The molecule has 0 saturated carbocycles. The minimum atomic E-state index is -0.502. The third-order valence-electron chi connectivity index (χ3n) is 4.19. The highest BCUT2D eigenvalue weighted by Crippen LogP contribution is 2.17. The number of aromatic nitrogens is 2. The summed E-state index contributed by atoms with van der Waals surface area (Å²) < 4.78 is 6.34. The van der Waals surface area contributed by atoms with E-state index in [1.165, 1.54) is 17.9 Å². The van der Waals surface area contributed by atoms with Crippen molar-refractivity contribution < 1.29 is 9.21 Å². The van der Waals surface area contributed by atoms with Gasteiger partial charge in [0.25, 0.3) is 5.56 Å². The predicted molar refractivity (Wildman–Crippen MR) is 103 cm³/mol. The lowest BCUT2D eigenvalue weighted by Gasteiger charge is -2.14. The SMILES string of the molecule is C[C@H](CCc1ccccc1)NC(=O)Cn1nc(-c2ccco2)cc(N)c1=O. The summed E-state index contributed by atoms with van der Waals surface area (Å²) in [7, 11) is 0. The van der Waals surface area contributed by atoms with E-state index in [1.807, 2.05) is 25.1 Å². The van der Waals surface area contributed by atoms with Gasteiger partial charge in [0.1, 0.15) is 17.9 Å². The molecule has 3 aromatic rings. The molecule has 0 radical (unpaired) electrons. The molecule has 0 aliphatic heterocycles. The van der Waals surface area contributed by atoms with Gasteiger partial charge in [-0.3, -0.25) is 9.59 Å². The van der Waals surface area contributed by atoms with Gasteiger partial charge in [0.05, 0.1) is 6.26 Å². The zero-order valence-corrected chi connectivity index (χ0v) is 15.1. The first-order valence-corrected chi connectivity index (χ1v) is 8.77. The Morgan fingerprint density at radius 2 is 2.04 bits per heavy atom. The molecule has 7 nitrogen and oxygen atoms in total. The molecule has 1 aromatic carbocycles. The summed E-state index contributed by atoms with van der Waals surface area (Å²) in [4.78, 5) is 24.5. The average molecular weight is 366 g/mol. The van der Waals surface area contributed by atoms with Crippen molar-refractivity contribution in [2.75, 3.05) is 5.73 Å². The van der Waals surface area contributed by atoms with Crippen molar-refractivity contribution in [1.82, 2.24) is 15.1 Å². The Labute approximate surface area is 156 Å². The van der Waals surface area contributed by atoms with Gasteiger partial charge in [-0.1, -0.05) is 30.3 Å². The van der Waals surface area contributed by atoms with Crippen molar-refractivity contribution in [2.24, 2.45) is 0 Å². The first-order chi connectivity index (χ1) is 13.0. The monoisotopic (exact) mass is 366 g/mol. The van der Waals surface area contributed by atoms with E-state index in [1.54, 1.807) is 12.1 Å². The molecule has 140 valence electrons. The molecule has 0 unspecified atom stereocenters. The van der Waals surface area contributed by atoms with E-state index in [9.17, 15) is 9.59 Å². The third-order valence-corrected chi connectivity index (χ3v) is 4.19. The summed E-state index contributed by atoms with van der Waals surface area (Å²) in [5.41, 5.74) is 6.91. The molecular weight excluding hydrogens is 344 g/mol. The Balaban J connectivity index is 1.62. The second-order valence-corrected chi connectivity index (χ2v) is 6.42. The van der Waals surface area contributed by atoms with Gasteiger partial charge in [0.15, 0.2) is 5.76 Å². The van der Waals surface area contributed by atoms with Gasteiger partial charge in [-0.2, -0.15) is 5.10 Å². The molecule has 2 aromatic heterocycles. The van der Waals surface area contributed by atoms with Crippen molar-refractivity contribution in [3.05, 3.63) is 70.7 Å². The average Bonchev–Trinajstić information content (AvgIpc) is 3.19. The Bertz CT molecular complexity index is 949. The Kier molecular flexibility index (Phi) is 5.71. The molecular formula is C20H22N4O3. The van der Waals surface area contributed by atoms with Crippen molar-refractivity contribution in [3.63, 3.8) is 0 Å². The molecule has 0 spiro atoms. The van der Waals surface area contributed by atoms with Crippen molar-refractivity contribution in [2.45, 2.75) is 32.4 Å². The van der Waals surface area contributed by atoms with Gasteiger partial charge in [-0.15, -0.1) is 0 Å². The molecule has 0 saturated heterocycles. The van der Waals surface area contributed by atoms with Crippen LogP contribution < -0.4 is 16.6 Å². The van der Waals surface area contributed by atoms with E-state index in [2.05, 4.69) is 22.5 Å². The maximum absolute atomic E-state index is 12.3. The van der Waals surface area contributed by atoms with Gasteiger partial charge in [-0.05, 0) is 43.5 Å². The van der Waals surface area contributed by atoms with Gasteiger partial charge < -0.3 is 15.5 Å². The number of hydrogen-bond acceptors (Lipinski definition) is 5. The summed E-state index contributed by atoms with van der Waals surface area (Å²) >= 11 is 0. The number of nitrogen functional groups attached to an aromatic ring is 1. The van der Waals surface area contributed by atoms with E-state index in [0.29, 0.717) is 11.5 Å². The standard InChI is InChI=1S/C20H22N4O3/c1-14(9-10-15-6-3-2-4-7-15)22-19(25)13-24-20(26)16(21)12-17(23-24)18-8-5-11-27-18/h2-8,11-12,14H,9-10,13,21H2,1H3,(H,22,25)/t14-/m1/s1. The summed E-state index contributed by atoms with van der Waals surface area (Å²) in [5.74, 6) is 0.188. The lowest BCUT2D eigenvalue weighted by atomic mass is 10.1. The second kappa shape index (κ2) is 8.35. The van der Waals surface area contributed by atoms with E-state index in [4.69, 9.17) is 10.2 Å². The predicted octanol–water partition coefficient (Wildman–Crippen LogP) is 2.22. The summed E-state index contributed by atoms with van der Waals surface area (Å²) in [6.45, 7) is 1.73. The summed E-state index contributed by atoms with van der Waals surface area (Å²) in [6.07, 6.45) is 3.16. The van der Waals surface area contributed by atoms with E-state index >= 15 is 0 Å². The van der Waals surface area contributed by atoms with Crippen LogP contribution in [0.3, 0.4) is 0 Å². The van der Waals surface area contributed by atoms with Crippen LogP contribution in [0.4, 0.5) is 5.69 Å². The minimum Gasteiger partial charge on any atom is -0.463 e. The molecule has 1 amide bonds. The lowest BCUT2D eigenvalue weighted by molar-refractivity contribution is -0.122. The number of benzene rings is 1. The molecule has 3 rings (SSSR count). The zero-order valence-electron chi connectivity index (χ0n) is 15.1. The number of anilines is 1. The molecule has 0 fully saturated rings. The number of nitrogens with two attached hydrogens (primary N) is 1. The van der Waals surface area contributed by atoms with Crippen molar-refractivity contribution >= 4 is 11.6 Å². The first kappa shape index (κ1) is 18.4. The van der Waals surface area contributed by atoms with Gasteiger partial charge in [0.2, 0.25) is 5.91 Å². The molecule has 2 heterocycles. The Hall–Kier alpha value is -3.35. The molecule has 0 aliphatic rings. The number of hydrogen-bond donors (Lipinski definition) is 2. The molecule has 1 atom stereocenters. The van der Waals surface area contributed by atoms with Crippen LogP contribution in [-0.4, -0.2) is 21.7 Å². The van der Waals surface area contributed by atoms with Crippen LogP contribution in [0.25, 0.3) is 11.5 Å². The van der Waals surface area contributed by atoms with Crippen LogP contribution >= 0.6 is 0 Å². The molecule has 7 heteroatoms. The van der Waals surface area contributed by atoms with Crippen LogP contribution in [0.5, 0.6) is 0 Å². The number of amides is 1. The van der Waals surface area contributed by atoms with Crippen molar-refractivity contribution in [3.8, 4) is 11.5 Å². The maximum Gasteiger partial charge on any atom is 0.290 e. The number of furan rings is 1. The van der Waals surface area contributed by atoms with Gasteiger partial charge in [0, 0.05) is 6.04 Å². The zero-order chi connectivity index (χ0) is 19.2. The largest absolute Gasteiger partial charge is 0.463 e. The van der Waals surface area contributed by atoms with E-state index in [0.717, 1.165) is 17.5 Å². The number of nitrogens with one attached hydrogen (secondary N) is 1. The molecule has 27 heavy (non-hydrogen) atoms. The normalized spacial score (nSPS) is 11.9. The fraction of sp³-hybridized carbons (Fsp3) is 0.250. The second-order valence-electron chi connectivity index (χ2n) is 6.42. The number of nitrogens with zero attached hydrogens (tertiary/aromatic N) is 2. The van der Waals surface area contributed by atoms with Gasteiger partial charge >= 0.3 is 0 Å². The van der Waals surface area contributed by atoms with Crippen LogP contribution in [0.2, 0.25) is 0 Å². The Morgan fingerprint density at radius 1 is 1.26 bits per heavy atom. The number of carbonyl (C=O) groups is 1. The highest BCUT2D eigenvalue weighted by Gasteiger charge is 2.14. The fourth-order valence-corrected chi connectivity index (χ4v) is 2.77. The highest BCUT2D eigenvalue weighted by atomic mass is 16.3. The smallest absolute Gasteiger partial charge is 0.290 e. The quantitative estimate of drug-likeness (QED) is 0.667. The topological polar surface area (TPSA) is 103 Å². The fourth-order valence-electron chi connectivity index (χ4n) is 2.77. The maximum atomic E-state index is 12.3. The molecule has 3 N–H and O–H groups in total. The molecule has 0 aliphatic carbocycles. The summed E-state index contributed by atoms with van der Waals surface area (Å²) in [6, 6.07) is 14.9. The van der Waals surface area contributed by atoms with Crippen LogP contribution in [0, 0.1) is 0 Å². The summed E-state index contributed by atoms with van der Waals surface area (Å²) in [5, 5.41) is 7.08. The van der Waals surface area contributed by atoms with Crippen LogP contribution in [-0.2, 0) is 17.8 Å². The molecule has 0 bridgehead atoms. The highest BCUT2D eigenvalue weighted by molar-refractivity contribution is 5.76. The Morgan fingerprint density at radius 3 is 2.74 bits per heavy atom. The minimum absolute atomic E-state index is 0.0151. The first-order valence-electron chi connectivity index (χ1n) is 8.77. The number of rotatable bonds is 7. The lowest BCUT2D eigenvalue weighted by Crippen LogP contribution is -2.38. The van der Waals surface area contributed by atoms with Crippen molar-refractivity contribution in [1.29, 1.82) is 0 Å². The third kappa shape index (κ3) is 4.84. The van der Waals surface area contributed by atoms with E-state index in [-0.39, 0.29) is 24.2 Å². The van der Waals surface area contributed by atoms with Crippen LogP contribution in [0.15, 0.2) is 64.0 Å². The van der Waals surface area contributed by atoms with Crippen LogP contribution in [0.1, 0.15) is 18.9 Å². The van der Waals surface area contributed by atoms with E-state index < -0.39 is 5.56 Å².